The molecule has 62 heavy (non-hydrogen) atoms. The minimum absolute atomic E-state index is 0. The SMILES string of the molecule is C=Cc1c2[n-]c(c1C)/C=C1\[N-]C(C3=c4[n-]c(c(C)c4=C(O)[C@@H]3C(=O)OC)/C=c3\[n-]/c(c(C)c3CC)=C\2)[C@@H](CCC(=O)OC/C=C(\C)CCC[C@H](C)CCC[C@H](C)CCC)[C@@H]1C.[Mg+2]. The first-order chi connectivity index (χ1) is 29.2. The minimum atomic E-state index is -1.07. The molecule has 0 radical (unpaired) electrons. The zero-order chi connectivity index (χ0) is 44.1. The summed E-state index contributed by atoms with van der Waals surface area (Å²) in [5.41, 5.74) is 9.73. The Balaban J connectivity index is 0.00000726. The fraction of sp³-hybridized carbons (Fsp3) is 0.538. The largest absolute Gasteiger partial charge is 2.00 e. The van der Waals surface area contributed by atoms with Crippen molar-refractivity contribution in [1.29, 1.82) is 0 Å². The summed E-state index contributed by atoms with van der Waals surface area (Å²) in [6.07, 6.45) is 21.2. The average molecular weight is 853 g/mol. The maximum absolute atomic E-state index is 13.6. The molecule has 1 N–H and O–H groups in total. The summed E-state index contributed by atoms with van der Waals surface area (Å²) in [5, 5.41) is 19.9. The van der Waals surface area contributed by atoms with Gasteiger partial charge in [-0.3, -0.25) is 9.59 Å². The van der Waals surface area contributed by atoms with Crippen LogP contribution in [0, 0.1) is 50.4 Å². The minimum Gasteiger partial charge on any atom is -0.681 e. The molecule has 0 amide bonds. The van der Waals surface area contributed by atoms with Gasteiger partial charge in [0.05, 0.1) is 7.11 Å². The van der Waals surface area contributed by atoms with Crippen LogP contribution < -0.4 is 36.2 Å². The molecule has 1 aliphatic carbocycles. The fourth-order valence-corrected chi connectivity index (χ4v) is 9.97. The Kier molecular flexibility index (Phi) is 16.9. The Bertz CT molecular complexity index is 2440. The van der Waals surface area contributed by atoms with E-state index in [4.69, 9.17) is 29.7 Å². The van der Waals surface area contributed by atoms with Crippen LogP contribution >= 0.6 is 0 Å². The summed E-state index contributed by atoms with van der Waals surface area (Å²) in [5.74, 6) is -0.789. The number of aliphatic hydroxyl groups excluding tert-OH is 1. The van der Waals surface area contributed by atoms with Crippen molar-refractivity contribution < 1.29 is 24.2 Å². The van der Waals surface area contributed by atoms with Crippen molar-refractivity contribution in [3.05, 3.63) is 95.4 Å². The van der Waals surface area contributed by atoms with Crippen LogP contribution in [-0.4, -0.2) is 59.9 Å². The van der Waals surface area contributed by atoms with E-state index in [2.05, 4.69) is 55.0 Å². The Labute approximate surface area is 385 Å². The van der Waals surface area contributed by atoms with Crippen molar-refractivity contribution in [2.24, 2.45) is 29.6 Å². The van der Waals surface area contributed by atoms with Gasteiger partial charge in [-0.05, 0) is 88.7 Å². The number of hydrogen-bond acceptors (Lipinski definition) is 5. The molecular weight excluding hydrogens is 785 g/mol. The number of hydrogen-bond donors (Lipinski definition) is 1. The molecule has 3 aliphatic rings. The number of esters is 2. The average Bonchev–Trinajstić information content (AvgIpc) is 3.97. The first-order valence-electron chi connectivity index (χ1n) is 22.8. The van der Waals surface area contributed by atoms with E-state index in [9.17, 15) is 14.7 Å². The molecule has 0 saturated carbocycles. The van der Waals surface area contributed by atoms with Gasteiger partial charge in [0.2, 0.25) is 0 Å². The number of carbonyl (C=O) groups excluding carboxylic acids is 2. The van der Waals surface area contributed by atoms with Crippen LogP contribution in [0.3, 0.4) is 0 Å². The van der Waals surface area contributed by atoms with Crippen molar-refractivity contribution in [3.8, 4) is 0 Å². The van der Waals surface area contributed by atoms with Gasteiger partial charge in [-0.25, -0.2) is 0 Å². The van der Waals surface area contributed by atoms with Crippen molar-refractivity contribution in [3.63, 3.8) is 0 Å². The zero-order valence-electron chi connectivity index (χ0n) is 39.1. The molecule has 3 aromatic rings. The van der Waals surface area contributed by atoms with Crippen LogP contribution in [0.2, 0.25) is 0 Å². The maximum atomic E-state index is 13.6. The Morgan fingerprint density at radius 1 is 0.887 bits per heavy atom. The molecule has 330 valence electrons. The van der Waals surface area contributed by atoms with E-state index in [0.717, 1.165) is 86.7 Å². The summed E-state index contributed by atoms with van der Waals surface area (Å²) in [6, 6.07) is -0.571. The summed E-state index contributed by atoms with van der Waals surface area (Å²) < 4.78 is 11.1. The molecule has 0 aromatic carbocycles. The molecule has 6 rings (SSSR count). The number of methoxy groups -OCH3 is 1. The van der Waals surface area contributed by atoms with Gasteiger partial charge >= 0.3 is 35.0 Å². The van der Waals surface area contributed by atoms with E-state index < -0.39 is 17.9 Å². The molecule has 5 heterocycles. The van der Waals surface area contributed by atoms with Crippen molar-refractivity contribution in [2.75, 3.05) is 13.7 Å². The Hall–Kier alpha value is -4.15. The summed E-state index contributed by atoms with van der Waals surface area (Å²) in [6.45, 7) is 23.8. The molecule has 1 saturated heterocycles. The number of allylic oxidation sites excluding steroid dienone is 2. The van der Waals surface area contributed by atoms with E-state index in [0.29, 0.717) is 28.3 Å². The third kappa shape index (κ3) is 10.3. The molecule has 9 nitrogen and oxygen atoms in total. The third-order valence-corrected chi connectivity index (χ3v) is 13.8. The van der Waals surface area contributed by atoms with Gasteiger partial charge in [0.25, 0.3) is 0 Å². The predicted octanol–water partition coefficient (Wildman–Crippen LogP) is 7.63. The second-order valence-corrected chi connectivity index (χ2v) is 18.1. The number of aliphatic hydroxyl groups is 1. The van der Waals surface area contributed by atoms with Crippen molar-refractivity contribution in [1.82, 2.24) is 15.0 Å². The van der Waals surface area contributed by atoms with Gasteiger partial charge in [-0.2, -0.15) is 5.70 Å². The van der Waals surface area contributed by atoms with E-state index in [1.807, 2.05) is 44.2 Å². The molecule has 8 bridgehead atoms. The molecule has 10 heteroatoms. The molecule has 3 aromatic heterocycles. The number of nitrogens with zero attached hydrogens (tertiary/aromatic N) is 4. The molecule has 0 spiro atoms. The van der Waals surface area contributed by atoms with Crippen molar-refractivity contribution in [2.45, 2.75) is 139 Å². The Morgan fingerprint density at radius 3 is 2.24 bits per heavy atom. The van der Waals surface area contributed by atoms with Gasteiger partial charge in [0.1, 0.15) is 18.3 Å². The van der Waals surface area contributed by atoms with Gasteiger partial charge < -0.3 is 34.8 Å². The second kappa shape index (κ2) is 21.5. The number of ether oxygens (including phenoxy) is 2. The van der Waals surface area contributed by atoms with Crippen LogP contribution in [0.1, 0.15) is 151 Å². The smallest absolute Gasteiger partial charge is 0.681 e. The van der Waals surface area contributed by atoms with E-state index in [1.54, 1.807) is 0 Å². The van der Waals surface area contributed by atoms with Gasteiger partial charge in [0.15, 0.2) is 0 Å². The van der Waals surface area contributed by atoms with Crippen LogP contribution in [0.25, 0.3) is 41.0 Å². The number of rotatable bonds is 18. The van der Waals surface area contributed by atoms with E-state index in [-0.39, 0.29) is 59.6 Å². The molecule has 6 atom stereocenters. The number of carbonyl (C=O) groups is 2. The molecule has 1 unspecified atom stereocenters. The van der Waals surface area contributed by atoms with E-state index >= 15 is 0 Å². The Morgan fingerprint density at radius 2 is 1.56 bits per heavy atom. The van der Waals surface area contributed by atoms with Crippen LogP contribution in [0.4, 0.5) is 0 Å². The van der Waals surface area contributed by atoms with Crippen LogP contribution in [0.15, 0.2) is 23.9 Å². The summed E-state index contributed by atoms with van der Waals surface area (Å²) in [4.78, 5) is 42.3. The van der Waals surface area contributed by atoms with Gasteiger partial charge in [0, 0.05) is 11.6 Å². The predicted molar refractivity (Wildman–Crippen MR) is 252 cm³/mol. The van der Waals surface area contributed by atoms with Gasteiger partial charge in [-0.15, -0.1) is 33.1 Å². The quantitative estimate of drug-likeness (QED) is 0.0787. The van der Waals surface area contributed by atoms with Crippen molar-refractivity contribution >= 4 is 70.6 Å². The fourth-order valence-electron chi connectivity index (χ4n) is 9.97. The number of fused-ring (bicyclic) bond motifs is 8. The normalized spacial score (nSPS) is 22.0. The third-order valence-electron chi connectivity index (χ3n) is 13.8. The summed E-state index contributed by atoms with van der Waals surface area (Å²) in [7, 11) is 1.33. The van der Waals surface area contributed by atoms with Crippen LogP contribution in [-0.2, 0) is 25.5 Å². The number of aromatic nitrogens is 3. The topological polar surface area (TPSA) is 129 Å². The molecule has 1 fully saturated rings. The standard InChI is InChI=1S/C52H68N4O5.Mg/c1-12-17-29(4)18-15-19-30(5)20-16-21-31(6)24-25-61-45(57)23-22-38-34(9)41-26-39-32(7)36(13-2)43(53-39)27-40-33(8)37(14-3)44(54-40)28-42-35(10)46-50(56-42)47(49(38)55-41)48(51(46)58)52(59)60-11;/h13,24,26-30,34,38,48-49,58H,2,12,14-23,25H2,1,3-11H3;/q-4;+2/b31-24+,40-27-,41-26-,44-28-;/t29-,30-,34+,38+,48-,49?;/m1./s1. The first-order valence-corrected chi connectivity index (χ1v) is 22.8. The monoisotopic (exact) mass is 853 g/mol. The zero-order valence-corrected chi connectivity index (χ0v) is 40.5. The maximum Gasteiger partial charge on any atom is 2.00 e. The van der Waals surface area contributed by atoms with E-state index in [1.165, 1.54) is 51.2 Å². The first kappa shape index (κ1) is 48.9. The molecule has 2 aliphatic heterocycles. The summed E-state index contributed by atoms with van der Waals surface area (Å²) >= 11 is 0. The second-order valence-electron chi connectivity index (χ2n) is 18.1. The van der Waals surface area contributed by atoms with Crippen LogP contribution in [0.5, 0.6) is 0 Å². The molecular formula is C52H68MgN4O5-2. The van der Waals surface area contributed by atoms with Gasteiger partial charge in [-0.1, -0.05) is 143 Å².